The molecule has 0 aromatic carbocycles. The van der Waals surface area contributed by atoms with Gasteiger partial charge in [-0.1, -0.05) is 27.7 Å². The number of nitrogens with zero attached hydrogens (tertiary/aromatic N) is 2. The number of pyridine rings is 1. The van der Waals surface area contributed by atoms with Crippen LogP contribution < -0.4 is 5.32 Å². The first kappa shape index (κ1) is 20.9. The number of hydrogen-bond acceptors (Lipinski definition) is 5. The van der Waals surface area contributed by atoms with Crippen LogP contribution in [0.2, 0.25) is 0 Å². The van der Waals surface area contributed by atoms with E-state index >= 15 is 0 Å². The molecular formula is C18H29N3O4. The summed E-state index contributed by atoms with van der Waals surface area (Å²) in [5.74, 6) is -0.0462. The predicted octanol–water partition coefficient (Wildman–Crippen LogP) is 4.30. The predicted molar refractivity (Wildman–Crippen MR) is 97.0 cm³/mol. The highest BCUT2D eigenvalue weighted by Crippen LogP contribution is 2.33. The van der Waals surface area contributed by atoms with Gasteiger partial charge in [0.25, 0.3) is 5.69 Å². The molecule has 0 unspecified atom stereocenters. The molecule has 25 heavy (non-hydrogen) atoms. The Labute approximate surface area is 149 Å². The molecule has 0 radical (unpaired) electrons. The van der Waals surface area contributed by atoms with Gasteiger partial charge in [-0.15, -0.1) is 0 Å². The van der Waals surface area contributed by atoms with E-state index in [4.69, 9.17) is 4.74 Å². The molecule has 0 aliphatic rings. The molecule has 1 aromatic rings. The van der Waals surface area contributed by atoms with Crippen LogP contribution in [0.15, 0.2) is 6.07 Å². The molecule has 0 atom stereocenters. The molecule has 1 N–H and O–H groups in total. The summed E-state index contributed by atoms with van der Waals surface area (Å²) >= 11 is 0. The van der Waals surface area contributed by atoms with Crippen molar-refractivity contribution in [3.8, 4) is 0 Å². The fraction of sp³-hybridized carbons (Fsp3) is 0.667. The summed E-state index contributed by atoms with van der Waals surface area (Å²) in [7, 11) is 0. The average Bonchev–Trinajstić information content (AvgIpc) is 2.43. The van der Waals surface area contributed by atoms with E-state index in [9.17, 15) is 14.9 Å². The zero-order valence-corrected chi connectivity index (χ0v) is 16.2. The summed E-state index contributed by atoms with van der Waals surface area (Å²) in [6.07, 6.45) is -0.000910. The van der Waals surface area contributed by atoms with E-state index in [2.05, 4.69) is 10.3 Å². The number of rotatable bonds is 6. The second-order valence-corrected chi connectivity index (χ2v) is 7.68. The molecular weight excluding hydrogens is 322 g/mol. The van der Waals surface area contributed by atoms with E-state index in [-0.39, 0.29) is 22.4 Å². The van der Waals surface area contributed by atoms with Gasteiger partial charge in [0.15, 0.2) is 0 Å². The van der Waals surface area contributed by atoms with Crippen LogP contribution in [-0.2, 0) is 11.2 Å². The molecule has 7 heteroatoms. The number of aromatic nitrogens is 1. The highest BCUT2D eigenvalue weighted by atomic mass is 16.6. The summed E-state index contributed by atoms with van der Waals surface area (Å²) < 4.78 is 5.19. The Kier molecular flexibility index (Phi) is 6.90. The van der Waals surface area contributed by atoms with Gasteiger partial charge in [-0.3, -0.25) is 15.1 Å². The third-order valence-electron chi connectivity index (χ3n) is 3.50. The Balaban J connectivity index is 2.98. The van der Waals surface area contributed by atoms with Crippen molar-refractivity contribution in [3.05, 3.63) is 33.1 Å². The van der Waals surface area contributed by atoms with Gasteiger partial charge in [0.1, 0.15) is 11.3 Å². The van der Waals surface area contributed by atoms with Crippen molar-refractivity contribution >= 4 is 11.8 Å². The number of alkyl carbamates (subject to hydrolysis) is 1. The zero-order valence-electron chi connectivity index (χ0n) is 16.2. The first-order valence-electron chi connectivity index (χ1n) is 8.57. The molecule has 140 valence electrons. The number of nitrogens with one attached hydrogen (secondary N) is 1. The minimum Gasteiger partial charge on any atom is -0.444 e. The van der Waals surface area contributed by atoms with Crippen LogP contribution >= 0.6 is 0 Å². The topological polar surface area (TPSA) is 94.4 Å². The van der Waals surface area contributed by atoms with E-state index in [1.54, 1.807) is 26.8 Å². The van der Waals surface area contributed by atoms with Crippen molar-refractivity contribution in [2.75, 3.05) is 6.54 Å². The van der Waals surface area contributed by atoms with Gasteiger partial charge in [-0.05, 0) is 32.8 Å². The van der Waals surface area contributed by atoms with E-state index in [0.717, 1.165) is 5.69 Å². The summed E-state index contributed by atoms with van der Waals surface area (Å²) in [4.78, 5) is 27.3. The Morgan fingerprint density at radius 2 is 1.88 bits per heavy atom. The van der Waals surface area contributed by atoms with Gasteiger partial charge in [0.2, 0.25) is 0 Å². The van der Waals surface area contributed by atoms with Crippen molar-refractivity contribution in [1.82, 2.24) is 10.3 Å². The maximum absolute atomic E-state index is 11.7. The van der Waals surface area contributed by atoms with Crippen molar-refractivity contribution in [1.29, 1.82) is 0 Å². The third-order valence-corrected chi connectivity index (χ3v) is 3.50. The molecule has 0 saturated carbocycles. The first-order chi connectivity index (χ1) is 11.4. The minimum atomic E-state index is -0.550. The molecule has 0 aliphatic heterocycles. The first-order valence-corrected chi connectivity index (χ1v) is 8.57. The number of amides is 1. The van der Waals surface area contributed by atoms with E-state index in [1.807, 2.05) is 27.7 Å². The number of nitro groups is 1. The van der Waals surface area contributed by atoms with Gasteiger partial charge < -0.3 is 10.1 Å². The van der Waals surface area contributed by atoms with Crippen LogP contribution in [0.25, 0.3) is 0 Å². The summed E-state index contributed by atoms with van der Waals surface area (Å²) in [5.41, 5.74) is 1.45. The lowest BCUT2D eigenvalue weighted by atomic mass is 9.95. The third kappa shape index (κ3) is 6.32. The molecule has 1 amide bonds. The van der Waals surface area contributed by atoms with Crippen molar-refractivity contribution in [3.63, 3.8) is 0 Å². The largest absolute Gasteiger partial charge is 0.444 e. The van der Waals surface area contributed by atoms with Crippen LogP contribution in [0.1, 0.15) is 77.3 Å². The van der Waals surface area contributed by atoms with Gasteiger partial charge in [0, 0.05) is 30.1 Å². The number of carbonyl (C=O) groups excluding carboxylic acids is 1. The highest BCUT2D eigenvalue weighted by molar-refractivity contribution is 5.67. The van der Waals surface area contributed by atoms with Crippen LogP contribution in [0.5, 0.6) is 0 Å². The highest BCUT2D eigenvalue weighted by Gasteiger charge is 2.26. The van der Waals surface area contributed by atoms with Crippen molar-refractivity contribution in [2.24, 2.45) is 0 Å². The quantitative estimate of drug-likeness (QED) is 0.609. The molecule has 1 rings (SSSR count). The Morgan fingerprint density at radius 3 is 2.32 bits per heavy atom. The van der Waals surface area contributed by atoms with Crippen LogP contribution in [0.3, 0.4) is 0 Å². The van der Waals surface area contributed by atoms with Gasteiger partial charge in [-0.25, -0.2) is 4.79 Å². The lowest BCUT2D eigenvalue weighted by Gasteiger charge is -2.19. The molecule has 0 fully saturated rings. The van der Waals surface area contributed by atoms with Gasteiger partial charge >= 0.3 is 6.09 Å². The molecule has 0 saturated heterocycles. The summed E-state index contributed by atoms with van der Waals surface area (Å²) in [6.45, 7) is 13.4. The molecule has 0 spiro atoms. The summed E-state index contributed by atoms with van der Waals surface area (Å²) in [6, 6.07) is 1.77. The fourth-order valence-electron chi connectivity index (χ4n) is 2.41. The standard InChI is InChI=1S/C18H29N3O4/c1-11(2)14-10-13(8-9-19-17(22)25-18(5,6)7)20-15(12(3)4)16(14)21(23)24/h10-12H,8-9H2,1-7H3,(H,19,22). The SMILES string of the molecule is CC(C)c1cc(CCNC(=O)OC(C)(C)C)nc(C(C)C)c1[N+](=O)[O-]. The molecule has 0 bridgehead atoms. The number of ether oxygens (including phenoxy) is 1. The smallest absolute Gasteiger partial charge is 0.407 e. The van der Waals surface area contributed by atoms with Crippen molar-refractivity contribution < 1.29 is 14.5 Å². The molecule has 1 heterocycles. The maximum atomic E-state index is 11.7. The van der Waals surface area contributed by atoms with Gasteiger partial charge in [0.05, 0.1) is 4.92 Å². The number of carbonyl (C=O) groups is 1. The lowest BCUT2D eigenvalue weighted by molar-refractivity contribution is -0.386. The van der Waals surface area contributed by atoms with E-state index in [1.165, 1.54) is 0 Å². The second kappa shape index (κ2) is 8.27. The fourth-order valence-corrected chi connectivity index (χ4v) is 2.41. The van der Waals surface area contributed by atoms with Crippen LogP contribution in [-0.4, -0.2) is 28.1 Å². The lowest BCUT2D eigenvalue weighted by Crippen LogP contribution is -2.33. The normalized spacial score (nSPS) is 11.7. The Morgan fingerprint density at radius 1 is 1.28 bits per heavy atom. The summed E-state index contributed by atoms with van der Waals surface area (Å²) in [5, 5.41) is 14.2. The second-order valence-electron chi connectivity index (χ2n) is 7.68. The number of hydrogen-bond donors (Lipinski definition) is 1. The van der Waals surface area contributed by atoms with Crippen LogP contribution in [0, 0.1) is 10.1 Å². The van der Waals surface area contributed by atoms with Crippen molar-refractivity contribution in [2.45, 2.75) is 72.3 Å². The minimum absolute atomic E-state index is 0.0125. The van der Waals surface area contributed by atoms with Crippen LogP contribution in [0.4, 0.5) is 10.5 Å². The maximum Gasteiger partial charge on any atom is 0.407 e. The van der Waals surface area contributed by atoms with E-state index in [0.29, 0.717) is 24.2 Å². The molecule has 7 nitrogen and oxygen atoms in total. The molecule has 1 aromatic heterocycles. The van der Waals surface area contributed by atoms with Gasteiger partial charge in [-0.2, -0.15) is 0 Å². The average molecular weight is 351 g/mol. The molecule has 0 aliphatic carbocycles. The monoisotopic (exact) mass is 351 g/mol. The van der Waals surface area contributed by atoms with E-state index < -0.39 is 11.7 Å². The zero-order chi connectivity index (χ0) is 19.4. The Hall–Kier alpha value is -2.18. The Bertz CT molecular complexity index is 605.